The van der Waals surface area contributed by atoms with E-state index in [1.54, 1.807) is 10.8 Å². The van der Waals surface area contributed by atoms with Crippen LogP contribution in [0.3, 0.4) is 0 Å². The van der Waals surface area contributed by atoms with Crippen molar-refractivity contribution in [1.29, 1.82) is 0 Å². The van der Waals surface area contributed by atoms with Crippen LogP contribution in [0.15, 0.2) is 42.7 Å². The predicted octanol–water partition coefficient (Wildman–Crippen LogP) is 1.84. The average molecular weight is 380 g/mol. The van der Waals surface area contributed by atoms with Gasteiger partial charge in [0.1, 0.15) is 24.5 Å². The fraction of sp³-hybridized carbons (Fsp3) is 0.400. The molecular weight excluding hydrogens is 356 g/mol. The largest absolute Gasteiger partial charge is 0.492 e. The number of fused-ring (bicyclic) bond motifs is 1. The first-order chi connectivity index (χ1) is 13.7. The molecule has 0 radical (unpaired) electrons. The maximum absolute atomic E-state index is 12.4. The number of nitrogens with zero attached hydrogens (tertiary/aromatic N) is 5. The Morgan fingerprint density at radius 2 is 1.96 bits per heavy atom. The summed E-state index contributed by atoms with van der Waals surface area (Å²) in [6.45, 7) is 4.63. The van der Waals surface area contributed by atoms with Crippen LogP contribution in [0.5, 0.6) is 5.75 Å². The van der Waals surface area contributed by atoms with Crippen molar-refractivity contribution in [1.82, 2.24) is 25.1 Å². The van der Waals surface area contributed by atoms with Gasteiger partial charge in [0, 0.05) is 19.0 Å². The molecule has 0 saturated carbocycles. The number of amides is 1. The number of anilines is 1. The smallest absolute Gasteiger partial charge is 0.223 e. The third kappa shape index (κ3) is 4.21. The standard InChI is InChI=1S/C20H24N6O2/c1-15-2-4-17(5-3-15)28-13-10-21-20(27)16-8-11-25(12-9-16)19-7-6-18-23-22-14-26(18)24-19/h2-7,14,16H,8-13H2,1H3,(H,21,27). The molecule has 8 heteroatoms. The van der Waals surface area contributed by atoms with Crippen molar-refractivity contribution in [3.63, 3.8) is 0 Å². The number of rotatable bonds is 6. The minimum absolute atomic E-state index is 0.0364. The van der Waals surface area contributed by atoms with Gasteiger partial charge in [-0.1, -0.05) is 17.7 Å². The van der Waals surface area contributed by atoms with E-state index in [9.17, 15) is 4.79 Å². The lowest BCUT2D eigenvalue weighted by Crippen LogP contribution is -2.41. The molecule has 146 valence electrons. The van der Waals surface area contributed by atoms with Crippen LogP contribution < -0.4 is 15.0 Å². The first-order valence-electron chi connectivity index (χ1n) is 9.58. The molecule has 1 aliphatic rings. The Labute approximate surface area is 163 Å². The van der Waals surface area contributed by atoms with E-state index in [0.717, 1.165) is 43.1 Å². The lowest BCUT2D eigenvalue weighted by molar-refractivity contribution is -0.125. The van der Waals surface area contributed by atoms with Crippen molar-refractivity contribution in [2.24, 2.45) is 5.92 Å². The highest BCUT2D eigenvalue weighted by Gasteiger charge is 2.25. The summed E-state index contributed by atoms with van der Waals surface area (Å²) in [5.41, 5.74) is 1.93. The highest BCUT2D eigenvalue weighted by atomic mass is 16.5. The van der Waals surface area contributed by atoms with E-state index in [1.165, 1.54) is 5.56 Å². The van der Waals surface area contributed by atoms with Gasteiger partial charge in [0.2, 0.25) is 5.91 Å². The second kappa shape index (κ2) is 8.24. The summed E-state index contributed by atoms with van der Waals surface area (Å²) >= 11 is 0. The molecule has 8 nitrogen and oxygen atoms in total. The van der Waals surface area contributed by atoms with Crippen LogP contribution in [0, 0.1) is 12.8 Å². The molecule has 0 aliphatic carbocycles. The number of ether oxygens (including phenoxy) is 1. The lowest BCUT2D eigenvalue weighted by atomic mass is 9.96. The molecule has 1 aromatic carbocycles. The fourth-order valence-electron chi connectivity index (χ4n) is 3.38. The third-order valence-electron chi connectivity index (χ3n) is 5.03. The van der Waals surface area contributed by atoms with Gasteiger partial charge in [-0.3, -0.25) is 4.79 Å². The van der Waals surface area contributed by atoms with Gasteiger partial charge in [0.15, 0.2) is 5.65 Å². The number of hydrogen-bond acceptors (Lipinski definition) is 6. The quantitative estimate of drug-likeness (QED) is 0.657. The fourth-order valence-corrected chi connectivity index (χ4v) is 3.38. The van der Waals surface area contributed by atoms with E-state index in [4.69, 9.17) is 4.74 Å². The predicted molar refractivity (Wildman–Crippen MR) is 105 cm³/mol. The van der Waals surface area contributed by atoms with Crippen LogP contribution in [0.2, 0.25) is 0 Å². The minimum Gasteiger partial charge on any atom is -0.492 e. The Bertz CT molecular complexity index is 931. The number of piperidine rings is 1. The molecule has 0 bridgehead atoms. The van der Waals surface area contributed by atoms with Gasteiger partial charge in [0.05, 0.1) is 6.54 Å². The maximum Gasteiger partial charge on any atom is 0.223 e. The minimum atomic E-state index is 0.0364. The number of hydrogen-bond donors (Lipinski definition) is 1. The van der Waals surface area contributed by atoms with Crippen LogP contribution in [0.4, 0.5) is 5.82 Å². The van der Waals surface area contributed by atoms with Gasteiger partial charge >= 0.3 is 0 Å². The second-order valence-corrected chi connectivity index (χ2v) is 7.04. The highest BCUT2D eigenvalue weighted by molar-refractivity contribution is 5.78. The average Bonchev–Trinajstić information content (AvgIpc) is 3.20. The first-order valence-corrected chi connectivity index (χ1v) is 9.58. The van der Waals surface area contributed by atoms with Gasteiger partial charge in [-0.15, -0.1) is 15.3 Å². The van der Waals surface area contributed by atoms with Crippen molar-refractivity contribution < 1.29 is 9.53 Å². The molecule has 0 spiro atoms. The van der Waals surface area contributed by atoms with Crippen molar-refractivity contribution in [2.75, 3.05) is 31.1 Å². The molecule has 3 heterocycles. The Balaban J connectivity index is 1.20. The van der Waals surface area contributed by atoms with E-state index in [2.05, 4.69) is 25.5 Å². The number of carbonyl (C=O) groups excluding carboxylic acids is 1. The molecule has 1 amide bonds. The molecule has 1 aliphatic heterocycles. The van der Waals surface area contributed by atoms with Crippen molar-refractivity contribution in [3.05, 3.63) is 48.3 Å². The summed E-state index contributed by atoms with van der Waals surface area (Å²) in [6.07, 6.45) is 3.22. The van der Waals surface area contributed by atoms with Gasteiger partial charge in [0.25, 0.3) is 0 Å². The van der Waals surface area contributed by atoms with Crippen molar-refractivity contribution >= 4 is 17.4 Å². The molecule has 1 saturated heterocycles. The van der Waals surface area contributed by atoms with Crippen LogP contribution in [-0.4, -0.2) is 52.0 Å². The van der Waals surface area contributed by atoms with E-state index >= 15 is 0 Å². The van der Waals surface area contributed by atoms with Crippen molar-refractivity contribution in [2.45, 2.75) is 19.8 Å². The molecule has 28 heavy (non-hydrogen) atoms. The van der Waals surface area contributed by atoms with Crippen molar-refractivity contribution in [3.8, 4) is 5.75 Å². The Morgan fingerprint density at radius 3 is 2.75 bits per heavy atom. The summed E-state index contributed by atoms with van der Waals surface area (Å²) < 4.78 is 7.33. The Kier molecular flexibility index (Phi) is 5.36. The summed E-state index contributed by atoms with van der Waals surface area (Å²) in [5, 5.41) is 15.3. The Morgan fingerprint density at radius 1 is 1.18 bits per heavy atom. The van der Waals surface area contributed by atoms with Gasteiger partial charge in [-0.25, -0.2) is 0 Å². The van der Waals surface area contributed by atoms with Gasteiger partial charge in [-0.05, 0) is 44.0 Å². The van der Waals surface area contributed by atoms with Gasteiger partial charge < -0.3 is 15.0 Å². The molecule has 0 atom stereocenters. The van der Waals surface area contributed by atoms with E-state index < -0.39 is 0 Å². The third-order valence-corrected chi connectivity index (χ3v) is 5.03. The van der Waals surface area contributed by atoms with Crippen LogP contribution in [-0.2, 0) is 4.79 Å². The lowest BCUT2D eigenvalue weighted by Gasteiger charge is -2.32. The van der Waals surface area contributed by atoms with Crippen LogP contribution in [0.1, 0.15) is 18.4 Å². The molecule has 0 unspecified atom stereocenters. The summed E-state index contributed by atoms with van der Waals surface area (Å²) in [7, 11) is 0. The van der Waals surface area contributed by atoms with E-state index in [-0.39, 0.29) is 11.8 Å². The number of nitrogens with one attached hydrogen (secondary N) is 1. The zero-order chi connectivity index (χ0) is 19.3. The topological polar surface area (TPSA) is 84.6 Å². The number of carbonyl (C=O) groups is 1. The number of aromatic nitrogens is 4. The van der Waals surface area contributed by atoms with Crippen LogP contribution >= 0.6 is 0 Å². The summed E-state index contributed by atoms with van der Waals surface area (Å²) in [6, 6.07) is 11.8. The second-order valence-electron chi connectivity index (χ2n) is 7.04. The number of benzene rings is 1. The molecule has 1 N–H and O–H groups in total. The Hall–Kier alpha value is -3.16. The van der Waals surface area contributed by atoms with Crippen LogP contribution in [0.25, 0.3) is 5.65 Å². The first kappa shape index (κ1) is 18.2. The molecule has 4 rings (SSSR count). The number of aryl methyl sites for hydroxylation is 1. The highest BCUT2D eigenvalue weighted by Crippen LogP contribution is 2.22. The zero-order valence-electron chi connectivity index (χ0n) is 15.9. The zero-order valence-corrected chi connectivity index (χ0v) is 15.9. The summed E-state index contributed by atoms with van der Waals surface area (Å²) in [5.74, 6) is 1.85. The molecular formula is C20H24N6O2. The molecule has 2 aromatic heterocycles. The molecule has 1 fully saturated rings. The monoisotopic (exact) mass is 380 g/mol. The normalized spacial score (nSPS) is 15.0. The van der Waals surface area contributed by atoms with E-state index in [1.807, 2.05) is 43.3 Å². The molecule has 3 aromatic rings. The van der Waals surface area contributed by atoms with E-state index in [0.29, 0.717) is 13.2 Å². The van der Waals surface area contributed by atoms with Gasteiger partial charge in [-0.2, -0.15) is 4.52 Å². The maximum atomic E-state index is 12.4. The summed E-state index contributed by atoms with van der Waals surface area (Å²) in [4.78, 5) is 14.6. The SMILES string of the molecule is Cc1ccc(OCCNC(=O)C2CCN(c3ccc4nncn4n3)CC2)cc1.